The zero-order valence-electron chi connectivity index (χ0n) is 13.1. The molecule has 0 aliphatic carbocycles. The number of carbonyl (C=O) groups is 2. The summed E-state index contributed by atoms with van der Waals surface area (Å²) in [5.41, 5.74) is 0.221. The Bertz CT molecular complexity index is 720. The number of para-hydroxylation sites is 1. The first-order valence-electron chi connectivity index (χ1n) is 7.79. The van der Waals surface area contributed by atoms with E-state index in [1.54, 1.807) is 10.9 Å². The van der Waals surface area contributed by atoms with Crippen molar-refractivity contribution in [2.24, 2.45) is 5.41 Å². The van der Waals surface area contributed by atoms with Crippen LogP contribution < -0.4 is 5.32 Å². The van der Waals surface area contributed by atoms with Crippen LogP contribution >= 0.6 is 0 Å². The van der Waals surface area contributed by atoms with E-state index >= 15 is 0 Å². The summed E-state index contributed by atoms with van der Waals surface area (Å²) in [5.74, 6) is -1.24. The predicted octanol–water partition coefficient (Wildman–Crippen LogP) is 1.48. The second-order valence-corrected chi connectivity index (χ2v) is 5.86. The second-order valence-electron chi connectivity index (χ2n) is 5.86. The topological polar surface area (TPSA) is 93.5 Å². The van der Waals surface area contributed by atoms with Gasteiger partial charge in [0, 0.05) is 25.4 Å². The van der Waals surface area contributed by atoms with Crippen LogP contribution in [0, 0.1) is 5.41 Å². The van der Waals surface area contributed by atoms with Crippen LogP contribution in [-0.2, 0) is 9.53 Å². The monoisotopic (exact) mass is 329 g/mol. The van der Waals surface area contributed by atoms with Gasteiger partial charge in [0.2, 0.25) is 0 Å². The zero-order chi connectivity index (χ0) is 17.0. The van der Waals surface area contributed by atoms with Gasteiger partial charge in [-0.15, -0.1) is 0 Å². The van der Waals surface area contributed by atoms with Crippen LogP contribution in [-0.4, -0.2) is 46.3 Å². The van der Waals surface area contributed by atoms with Crippen molar-refractivity contribution in [2.75, 3.05) is 19.8 Å². The molecular formula is C17H19N3O4. The fourth-order valence-electron chi connectivity index (χ4n) is 2.83. The normalized spacial score (nSPS) is 16.5. The Morgan fingerprint density at radius 2 is 1.96 bits per heavy atom. The number of nitrogens with one attached hydrogen (secondary N) is 1. The highest BCUT2D eigenvalue weighted by molar-refractivity contribution is 5.93. The summed E-state index contributed by atoms with van der Waals surface area (Å²) in [7, 11) is 0. The van der Waals surface area contributed by atoms with Crippen molar-refractivity contribution >= 4 is 11.9 Å². The van der Waals surface area contributed by atoms with Gasteiger partial charge >= 0.3 is 5.97 Å². The molecule has 0 spiro atoms. The fourth-order valence-corrected chi connectivity index (χ4v) is 2.83. The third-order valence-corrected chi connectivity index (χ3v) is 4.40. The van der Waals surface area contributed by atoms with Crippen molar-refractivity contribution < 1.29 is 19.4 Å². The van der Waals surface area contributed by atoms with Gasteiger partial charge in [-0.3, -0.25) is 14.2 Å². The summed E-state index contributed by atoms with van der Waals surface area (Å²) in [6.45, 7) is 0.860. The van der Waals surface area contributed by atoms with E-state index in [4.69, 9.17) is 4.74 Å². The Labute approximate surface area is 139 Å². The highest BCUT2D eigenvalue weighted by Crippen LogP contribution is 2.30. The summed E-state index contributed by atoms with van der Waals surface area (Å²) in [4.78, 5) is 28.2. The lowest BCUT2D eigenvalue weighted by Crippen LogP contribution is -2.46. The number of carboxylic acid groups (broad SMARTS) is 1. The van der Waals surface area contributed by atoms with Gasteiger partial charge in [-0.2, -0.15) is 0 Å². The average Bonchev–Trinajstić information content (AvgIpc) is 3.11. The fraction of sp³-hybridized carbons (Fsp3) is 0.353. The smallest absolute Gasteiger partial charge is 0.311 e. The molecular weight excluding hydrogens is 310 g/mol. The number of nitrogens with zero attached hydrogens (tertiary/aromatic N) is 2. The van der Waals surface area contributed by atoms with Gasteiger partial charge in [0.25, 0.3) is 5.91 Å². The Morgan fingerprint density at radius 3 is 2.62 bits per heavy atom. The van der Waals surface area contributed by atoms with Gasteiger partial charge in [-0.25, -0.2) is 4.98 Å². The first kappa shape index (κ1) is 16.2. The number of amides is 1. The van der Waals surface area contributed by atoms with Crippen LogP contribution in [0.2, 0.25) is 0 Å². The molecule has 2 heterocycles. The van der Waals surface area contributed by atoms with Crippen molar-refractivity contribution in [3.8, 4) is 5.69 Å². The number of ether oxygens (including phenoxy) is 1. The van der Waals surface area contributed by atoms with Crippen molar-refractivity contribution in [3.05, 3.63) is 48.5 Å². The summed E-state index contributed by atoms with van der Waals surface area (Å²) >= 11 is 0. The summed E-state index contributed by atoms with van der Waals surface area (Å²) in [6, 6.07) is 9.38. The molecule has 0 saturated carbocycles. The molecule has 0 radical (unpaired) electrons. The van der Waals surface area contributed by atoms with Crippen molar-refractivity contribution in [3.63, 3.8) is 0 Å². The molecule has 7 heteroatoms. The predicted molar refractivity (Wildman–Crippen MR) is 86.0 cm³/mol. The minimum absolute atomic E-state index is 0.0739. The molecule has 126 valence electrons. The number of aliphatic carboxylic acids is 1. The van der Waals surface area contributed by atoms with E-state index < -0.39 is 11.4 Å². The molecule has 2 aromatic rings. The highest BCUT2D eigenvalue weighted by Gasteiger charge is 2.40. The van der Waals surface area contributed by atoms with Crippen molar-refractivity contribution in [1.82, 2.24) is 14.9 Å². The maximum Gasteiger partial charge on any atom is 0.311 e. The van der Waals surface area contributed by atoms with Crippen LogP contribution in [0.3, 0.4) is 0 Å². The molecule has 24 heavy (non-hydrogen) atoms. The van der Waals surface area contributed by atoms with E-state index in [1.807, 2.05) is 30.3 Å². The van der Waals surface area contributed by atoms with Crippen LogP contribution in [0.5, 0.6) is 0 Å². The van der Waals surface area contributed by atoms with E-state index in [9.17, 15) is 14.7 Å². The molecule has 1 amide bonds. The lowest BCUT2D eigenvalue weighted by molar-refractivity contribution is -0.154. The van der Waals surface area contributed by atoms with Crippen LogP contribution in [0.4, 0.5) is 0 Å². The van der Waals surface area contributed by atoms with E-state index in [-0.39, 0.29) is 12.5 Å². The minimum Gasteiger partial charge on any atom is -0.481 e. The number of hydrogen-bond acceptors (Lipinski definition) is 4. The van der Waals surface area contributed by atoms with Crippen LogP contribution in [0.1, 0.15) is 23.3 Å². The maximum absolute atomic E-state index is 12.5. The summed E-state index contributed by atoms with van der Waals surface area (Å²) in [5, 5.41) is 12.3. The molecule has 2 N–H and O–H groups in total. The lowest BCUT2D eigenvalue weighted by Gasteiger charge is -2.33. The standard InChI is InChI=1S/C17H19N3O4/c21-15(19-11-17(16(22)23)6-8-24-9-7-17)14-10-18-12-20(14)13-4-2-1-3-5-13/h1-5,10,12H,6-9,11H2,(H,19,21)(H,22,23). The number of hydrogen-bond donors (Lipinski definition) is 2. The van der Waals surface area contributed by atoms with Gasteiger partial charge in [0.15, 0.2) is 0 Å². The number of carboxylic acids is 1. The van der Waals surface area contributed by atoms with Crippen molar-refractivity contribution in [2.45, 2.75) is 12.8 Å². The van der Waals surface area contributed by atoms with E-state index in [2.05, 4.69) is 10.3 Å². The van der Waals surface area contributed by atoms with E-state index in [0.717, 1.165) is 5.69 Å². The molecule has 1 aliphatic rings. The number of rotatable bonds is 5. The third-order valence-electron chi connectivity index (χ3n) is 4.40. The molecule has 7 nitrogen and oxygen atoms in total. The molecule has 1 aromatic carbocycles. The molecule has 1 fully saturated rings. The lowest BCUT2D eigenvalue weighted by atomic mass is 9.80. The first-order chi connectivity index (χ1) is 11.6. The summed E-state index contributed by atoms with van der Waals surface area (Å²) in [6.07, 6.45) is 3.81. The van der Waals surface area contributed by atoms with Gasteiger partial charge in [0.1, 0.15) is 5.69 Å². The Kier molecular flexibility index (Phi) is 4.61. The van der Waals surface area contributed by atoms with Crippen LogP contribution in [0.15, 0.2) is 42.9 Å². The first-order valence-corrected chi connectivity index (χ1v) is 7.79. The molecule has 0 atom stereocenters. The van der Waals surface area contributed by atoms with E-state index in [0.29, 0.717) is 31.7 Å². The zero-order valence-corrected chi connectivity index (χ0v) is 13.1. The minimum atomic E-state index is -0.967. The molecule has 3 rings (SSSR count). The highest BCUT2D eigenvalue weighted by atomic mass is 16.5. The van der Waals surface area contributed by atoms with Crippen molar-refractivity contribution in [1.29, 1.82) is 0 Å². The molecule has 0 unspecified atom stereocenters. The average molecular weight is 329 g/mol. The Morgan fingerprint density at radius 1 is 1.25 bits per heavy atom. The van der Waals surface area contributed by atoms with Gasteiger partial charge in [-0.05, 0) is 25.0 Å². The van der Waals surface area contributed by atoms with Gasteiger partial charge < -0.3 is 15.2 Å². The number of aromatic nitrogens is 2. The number of imidazole rings is 1. The molecule has 0 bridgehead atoms. The molecule has 1 saturated heterocycles. The Hall–Kier alpha value is -2.67. The van der Waals surface area contributed by atoms with Crippen LogP contribution in [0.25, 0.3) is 5.69 Å². The van der Waals surface area contributed by atoms with E-state index in [1.165, 1.54) is 6.20 Å². The second kappa shape index (κ2) is 6.84. The summed E-state index contributed by atoms with van der Waals surface area (Å²) < 4.78 is 6.91. The maximum atomic E-state index is 12.5. The Balaban J connectivity index is 1.74. The molecule has 1 aliphatic heterocycles. The van der Waals surface area contributed by atoms with Gasteiger partial charge in [0.05, 0.1) is 17.9 Å². The number of carbonyl (C=O) groups excluding carboxylic acids is 1. The largest absolute Gasteiger partial charge is 0.481 e. The van der Waals surface area contributed by atoms with Gasteiger partial charge in [-0.1, -0.05) is 18.2 Å². The SMILES string of the molecule is O=C(NCC1(C(=O)O)CCOCC1)c1cncn1-c1ccccc1. The quantitative estimate of drug-likeness (QED) is 0.867. The molecule has 1 aromatic heterocycles. The number of benzene rings is 1. The third kappa shape index (κ3) is 3.16.